The molecule has 1 heterocycles. The van der Waals surface area contributed by atoms with Crippen molar-refractivity contribution in [2.24, 2.45) is 18.7 Å². The average molecular weight is 284 g/mol. The maximum absolute atomic E-state index is 11.6. The first kappa shape index (κ1) is 13.9. The van der Waals surface area contributed by atoms with Gasteiger partial charge >= 0.3 is 0 Å². The lowest BCUT2D eigenvalue weighted by Crippen LogP contribution is -2.14. The summed E-state index contributed by atoms with van der Waals surface area (Å²) in [6.45, 7) is 1.20. The number of pyridine rings is 1. The molecule has 2 aromatic rings. The normalized spacial score (nSPS) is 14.2. The molecule has 1 aromatic carbocycles. The zero-order chi connectivity index (χ0) is 14.8. The van der Waals surface area contributed by atoms with Crippen LogP contribution in [-0.2, 0) is 13.6 Å². The molecular formula is C17H20N2O2. The van der Waals surface area contributed by atoms with E-state index in [1.165, 1.54) is 12.8 Å². The Labute approximate surface area is 124 Å². The van der Waals surface area contributed by atoms with Gasteiger partial charge in [0.1, 0.15) is 5.75 Å². The topological polar surface area (TPSA) is 57.2 Å². The van der Waals surface area contributed by atoms with E-state index in [9.17, 15) is 4.79 Å². The van der Waals surface area contributed by atoms with E-state index in [4.69, 9.17) is 10.5 Å². The maximum atomic E-state index is 11.6. The summed E-state index contributed by atoms with van der Waals surface area (Å²) in [7, 11) is 1.75. The molecule has 2 N–H and O–H groups in total. The highest BCUT2D eigenvalue weighted by Crippen LogP contribution is 2.35. The number of nitrogens with two attached hydrogens (primary N) is 1. The lowest BCUT2D eigenvalue weighted by molar-refractivity contribution is 0.300. The van der Waals surface area contributed by atoms with Gasteiger partial charge in [-0.05, 0) is 36.5 Å². The number of rotatable bonds is 5. The van der Waals surface area contributed by atoms with Gasteiger partial charge in [0.15, 0.2) is 0 Å². The molecule has 110 valence electrons. The Balaban J connectivity index is 2.03. The van der Waals surface area contributed by atoms with Crippen LogP contribution in [-0.4, -0.2) is 11.2 Å². The second kappa shape index (κ2) is 5.74. The minimum atomic E-state index is -0.0237. The molecule has 21 heavy (non-hydrogen) atoms. The van der Waals surface area contributed by atoms with Gasteiger partial charge in [-0.2, -0.15) is 0 Å². The third-order valence-corrected chi connectivity index (χ3v) is 3.88. The van der Waals surface area contributed by atoms with Crippen LogP contribution < -0.4 is 16.0 Å². The Morgan fingerprint density at radius 3 is 2.76 bits per heavy atom. The van der Waals surface area contributed by atoms with E-state index in [1.54, 1.807) is 17.7 Å². The predicted octanol–water partition coefficient (Wildman–Crippen LogP) is 2.30. The first-order valence-electron chi connectivity index (χ1n) is 7.31. The van der Waals surface area contributed by atoms with Gasteiger partial charge < -0.3 is 15.0 Å². The van der Waals surface area contributed by atoms with Crippen LogP contribution in [0.2, 0.25) is 0 Å². The van der Waals surface area contributed by atoms with Crippen molar-refractivity contribution < 1.29 is 4.74 Å². The van der Waals surface area contributed by atoms with Gasteiger partial charge in [0, 0.05) is 37.0 Å². The fourth-order valence-corrected chi connectivity index (χ4v) is 2.43. The van der Waals surface area contributed by atoms with Crippen molar-refractivity contribution in [1.29, 1.82) is 0 Å². The molecule has 0 aliphatic heterocycles. The molecule has 4 nitrogen and oxygen atoms in total. The van der Waals surface area contributed by atoms with Crippen molar-refractivity contribution in [3.8, 4) is 16.9 Å². The number of nitrogens with zero attached hydrogens (tertiary/aromatic N) is 1. The third-order valence-electron chi connectivity index (χ3n) is 3.88. The summed E-state index contributed by atoms with van der Waals surface area (Å²) in [5.41, 5.74) is 8.83. The van der Waals surface area contributed by atoms with Crippen LogP contribution >= 0.6 is 0 Å². The quantitative estimate of drug-likeness (QED) is 0.916. The summed E-state index contributed by atoms with van der Waals surface area (Å²) in [6, 6.07) is 9.36. The zero-order valence-electron chi connectivity index (χ0n) is 12.2. The van der Waals surface area contributed by atoms with Crippen LogP contribution in [0.25, 0.3) is 11.1 Å². The van der Waals surface area contributed by atoms with Crippen molar-refractivity contribution in [3.05, 3.63) is 52.4 Å². The Morgan fingerprint density at radius 1 is 1.29 bits per heavy atom. The van der Waals surface area contributed by atoms with Crippen LogP contribution in [0.4, 0.5) is 0 Å². The third kappa shape index (κ3) is 3.00. The summed E-state index contributed by atoms with van der Waals surface area (Å²) in [5, 5.41) is 0. The molecule has 1 fully saturated rings. The second-order valence-electron chi connectivity index (χ2n) is 5.62. The SMILES string of the molecule is Cn1cc(-c2c(CN)cccc2OCC2CC2)ccc1=O. The number of hydrogen-bond acceptors (Lipinski definition) is 3. The fraction of sp³-hybridized carbons (Fsp3) is 0.353. The number of aromatic nitrogens is 1. The zero-order valence-corrected chi connectivity index (χ0v) is 12.2. The van der Waals surface area contributed by atoms with E-state index in [2.05, 4.69) is 0 Å². The fourth-order valence-electron chi connectivity index (χ4n) is 2.43. The first-order chi connectivity index (χ1) is 10.2. The number of aryl methyl sites for hydroxylation is 1. The van der Waals surface area contributed by atoms with E-state index >= 15 is 0 Å². The van der Waals surface area contributed by atoms with Crippen LogP contribution in [0.3, 0.4) is 0 Å². The van der Waals surface area contributed by atoms with Crippen molar-refractivity contribution >= 4 is 0 Å². The molecule has 4 heteroatoms. The standard InChI is InChI=1S/C17H20N2O2/c1-19-10-14(7-8-16(19)20)17-13(9-18)3-2-4-15(17)21-11-12-5-6-12/h2-4,7-8,10,12H,5-6,9,11,18H2,1H3. The predicted molar refractivity (Wildman–Crippen MR) is 83.2 cm³/mol. The van der Waals surface area contributed by atoms with Gasteiger partial charge in [0.05, 0.1) is 6.61 Å². The van der Waals surface area contributed by atoms with Gasteiger partial charge in [0.2, 0.25) is 5.56 Å². The van der Waals surface area contributed by atoms with Crippen LogP contribution in [0.1, 0.15) is 18.4 Å². The summed E-state index contributed by atoms with van der Waals surface area (Å²) >= 11 is 0. The smallest absolute Gasteiger partial charge is 0.250 e. The van der Waals surface area contributed by atoms with Crippen molar-refractivity contribution in [2.75, 3.05) is 6.61 Å². The van der Waals surface area contributed by atoms with E-state index < -0.39 is 0 Å². The number of ether oxygens (including phenoxy) is 1. The highest BCUT2D eigenvalue weighted by molar-refractivity contribution is 5.73. The molecule has 0 radical (unpaired) electrons. The lowest BCUT2D eigenvalue weighted by atomic mass is 10.00. The van der Waals surface area contributed by atoms with E-state index in [0.717, 1.165) is 29.0 Å². The van der Waals surface area contributed by atoms with E-state index in [1.807, 2.05) is 30.5 Å². The Bertz CT molecular complexity index is 702. The molecule has 3 rings (SSSR count). The average Bonchev–Trinajstić information content (AvgIpc) is 3.32. The monoisotopic (exact) mass is 284 g/mol. The van der Waals surface area contributed by atoms with Gasteiger partial charge in [-0.15, -0.1) is 0 Å². The van der Waals surface area contributed by atoms with Gasteiger partial charge in [-0.1, -0.05) is 12.1 Å². The molecule has 0 saturated heterocycles. The number of hydrogen-bond donors (Lipinski definition) is 1. The molecule has 0 spiro atoms. The molecule has 0 atom stereocenters. The van der Waals surface area contributed by atoms with Crippen molar-refractivity contribution in [3.63, 3.8) is 0 Å². The van der Waals surface area contributed by atoms with Crippen LogP contribution in [0.15, 0.2) is 41.3 Å². The number of benzene rings is 1. The Hall–Kier alpha value is -2.07. The molecule has 1 aromatic heterocycles. The van der Waals surface area contributed by atoms with Gasteiger partial charge in [-0.25, -0.2) is 0 Å². The molecule has 1 aliphatic rings. The molecule has 0 amide bonds. The summed E-state index contributed by atoms with van der Waals surface area (Å²) < 4.78 is 7.56. The molecule has 0 unspecified atom stereocenters. The molecule has 1 aliphatic carbocycles. The van der Waals surface area contributed by atoms with E-state index in [-0.39, 0.29) is 5.56 Å². The Morgan fingerprint density at radius 2 is 2.10 bits per heavy atom. The maximum Gasteiger partial charge on any atom is 0.250 e. The summed E-state index contributed by atoms with van der Waals surface area (Å²) in [6.07, 6.45) is 4.35. The van der Waals surface area contributed by atoms with Gasteiger partial charge in [0.25, 0.3) is 0 Å². The van der Waals surface area contributed by atoms with E-state index in [0.29, 0.717) is 12.5 Å². The highest BCUT2D eigenvalue weighted by atomic mass is 16.5. The largest absolute Gasteiger partial charge is 0.493 e. The molecule has 0 bridgehead atoms. The first-order valence-corrected chi connectivity index (χ1v) is 7.31. The van der Waals surface area contributed by atoms with Gasteiger partial charge in [-0.3, -0.25) is 4.79 Å². The molecule has 1 saturated carbocycles. The molecular weight excluding hydrogens is 264 g/mol. The minimum absolute atomic E-state index is 0.0237. The minimum Gasteiger partial charge on any atom is -0.493 e. The lowest BCUT2D eigenvalue weighted by Gasteiger charge is -2.15. The highest BCUT2D eigenvalue weighted by Gasteiger charge is 2.23. The van der Waals surface area contributed by atoms with Crippen LogP contribution in [0, 0.1) is 5.92 Å². The van der Waals surface area contributed by atoms with Crippen molar-refractivity contribution in [2.45, 2.75) is 19.4 Å². The van der Waals surface area contributed by atoms with Crippen molar-refractivity contribution in [1.82, 2.24) is 4.57 Å². The summed E-state index contributed by atoms with van der Waals surface area (Å²) in [5.74, 6) is 1.54. The van der Waals surface area contributed by atoms with Crippen LogP contribution in [0.5, 0.6) is 5.75 Å². The second-order valence-corrected chi connectivity index (χ2v) is 5.62. The Kier molecular flexibility index (Phi) is 3.80. The summed E-state index contributed by atoms with van der Waals surface area (Å²) in [4.78, 5) is 11.6.